The maximum atomic E-state index is 13.3. The number of Topliss-reactive ketones (excluding diaryl/α,β-unsaturated/α-hetero) is 1. The molecule has 1 aromatic carbocycles. The molecule has 0 aliphatic heterocycles. The molecule has 0 saturated carbocycles. The second-order valence-corrected chi connectivity index (χ2v) is 3.71. The summed E-state index contributed by atoms with van der Waals surface area (Å²) in [6, 6.07) is 4.21. The Morgan fingerprint density at radius 1 is 1.53 bits per heavy atom. The van der Waals surface area contributed by atoms with Crippen LogP contribution in [0.25, 0.3) is 0 Å². The van der Waals surface area contributed by atoms with Gasteiger partial charge in [-0.2, -0.15) is 0 Å². The van der Waals surface area contributed by atoms with Crippen LogP contribution in [0.3, 0.4) is 0 Å². The topological polar surface area (TPSA) is 17.1 Å². The zero-order valence-electron chi connectivity index (χ0n) is 8.52. The molecule has 0 amide bonds. The largest absolute Gasteiger partial charge is 0.294 e. The minimum Gasteiger partial charge on any atom is -0.294 e. The summed E-state index contributed by atoms with van der Waals surface area (Å²) in [6.45, 7) is 5.61. The molecule has 0 bridgehead atoms. The lowest BCUT2D eigenvalue weighted by Gasteiger charge is -2.05. The molecule has 0 spiro atoms. The second kappa shape index (κ2) is 5.08. The molecule has 80 valence electrons. The fourth-order valence-corrected chi connectivity index (χ4v) is 1.47. The van der Waals surface area contributed by atoms with Crippen molar-refractivity contribution < 1.29 is 9.18 Å². The van der Waals surface area contributed by atoms with Crippen LogP contribution in [0.5, 0.6) is 0 Å². The highest BCUT2D eigenvalue weighted by Crippen LogP contribution is 2.22. The summed E-state index contributed by atoms with van der Waals surface area (Å²) in [5, 5.41) is 0.156. The molecule has 0 N–H and O–H groups in total. The van der Waals surface area contributed by atoms with E-state index >= 15 is 0 Å². The minimum absolute atomic E-state index is 0.0335. The molecule has 1 nitrogen and oxygen atoms in total. The van der Waals surface area contributed by atoms with E-state index in [1.54, 1.807) is 0 Å². The molecule has 0 saturated heterocycles. The summed E-state index contributed by atoms with van der Waals surface area (Å²) in [4.78, 5) is 11.7. The van der Waals surface area contributed by atoms with Crippen LogP contribution in [0, 0.1) is 5.82 Å². The number of allylic oxidation sites excluding steroid dienone is 1. The average Bonchev–Trinajstić information content (AvgIpc) is 2.17. The van der Waals surface area contributed by atoms with Gasteiger partial charge in [-0.1, -0.05) is 36.7 Å². The van der Waals surface area contributed by atoms with Crippen molar-refractivity contribution in [3.05, 3.63) is 46.8 Å². The number of halogens is 2. The first kappa shape index (κ1) is 11.9. The third-order valence-corrected chi connectivity index (χ3v) is 2.47. The van der Waals surface area contributed by atoms with E-state index in [9.17, 15) is 9.18 Å². The normalized spacial score (nSPS) is 10.1. The van der Waals surface area contributed by atoms with Crippen molar-refractivity contribution in [2.75, 3.05) is 0 Å². The zero-order chi connectivity index (χ0) is 11.4. The molecule has 0 heterocycles. The molecule has 0 aromatic heterocycles. The second-order valence-electron chi connectivity index (χ2n) is 3.30. The van der Waals surface area contributed by atoms with E-state index in [-0.39, 0.29) is 22.8 Å². The van der Waals surface area contributed by atoms with Crippen LogP contribution in [-0.2, 0) is 0 Å². The Kier molecular flexibility index (Phi) is 4.04. The Labute approximate surface area is 93.6 Å². The van der Waals surface area contributed by atoms with E-state index in [1.807, 2.05) is 6.92 Å². The molecule has 0 aliphatic rings. The predicted molar refractivity (Wildman–Crippen MR) is 59.8 cm³/mol. The van der Waals surface area contributed by atoms with E-state index in [0.717, 1.165) is 5.57 Å². The van der Waals surface area contributed by atoms with E-state index in [2.05, 4.69) is 6.58 Å². The van der Waals surface area contributed by atoms with Gasteiger partial charge < -0.3 is 0 Å². The lowest BCUT2D eigenvalue weighted by atomic mass is 10.0. The molecule has 0 aliphatic carbocycles. The Bertz CT molecular complexity index is 378. The van der Waals surface area contributed by atoms with Gasteiger partial charge in [-0.15, -0.1) is 0 Å². The van der Waals surface area contributed by atoms with Gasteiger partial charge in [-0.25, -0.2) is 4.39 Å². The van der Waals surface area contributed by atoms with E-state index in [0.29, 0.717) is 6.42 Å². The third kappa shape index (κ3) is 2.90. The third-order valence-electron chi connectivity index (χ3n) is 2.15. The summed E-state index contributed by atoms with van der Waals surface area (Å²) in [5.41, 5.74) is 0.744. The quantitative estimate of drug-likeness (QED) is 0.560. The Morgan fingerprint density at radius 3 is 2.73 bits per heavy atom. The first-order valence-electron chi connectivity index (χ1n) is 4.70. The van der Waals surface area contributed by atoms with Crippen LogP contribution in [0.2, 0.25) is 5.02 Å². The number of hydrogen-bond donors (Lipinski definition) is 0. The Balaban J connectivity index is 2.96. The highest BCUT2D eigenvalue weighted by atomic mass is 35.5. The SMILES string of the molecule is C=C(CC)CC(=O)c1c(F)cccc1Cl. The standard InChI is InChI=1S/C12H12ClFO/c1-3-8(2)7-11(15)12-9(13)5-4-6-10(12)14/h4-6H,2-3,7H2,1H3. The number of carbonyl (C=O) groups is 1. The monoisotopic (exact) mass is 226 g/mol. The number of hydrogen-bond acceptors (Lipinski definition) is 1. The lowest BCUT2D eigenvalue weighted by molar-refractivity contribution is 0.0988. The van der Waals surface area contributed by atoms with Crippen molar-refractivity contribution in [1.82, 2.24) is 0 Å². The van der Waals surface area contributed by atoms with Crippen molar-refractivity contribution >= 4 is 17.4 Å². The predicted octanol–water partition coefficient (Wildman–Crippen LogP) is 4.02. The van der Waals surface area contributed by atoms with E-state index in [4.69, 9.17) is 11.6 Å². The molecule has 0 fully saturated rings. The van der Waals surface area contributed by atoms with Gasteiger partial charge in [0.1, 0.15) is 5.82 Å². The van der Waals surface area contributed by atoms with Gasteiger partial charge in [0.2, 0.25) is 0 Å². The molecular formula is C12H12ClFO. The smallest absolute Gasteiger partial charge is 0.171 e. The highest BCUT2D eigenvalue weighted by molar-refractivity contribution is 6.34. The average molecular weight is 227 g/mol. The molecule has 1 aromatic rings. The fourth-order valence-electron chi connectivity index (χ4n) is 1.20. The maximum Gasteiger partial charge on any atom is 0.171 e. The van der Waals surface area contributed by atoms with Gasteiger partial charge >= 0.3 is 0 Å². The molecule has 0 unspecified atom stereocenters. The van der Waals surface area contributed by atoms with E-state index in [1.165, 1.54) is 18.2 Å². The molecule has 0 radical (unpaired) electrons. The first-order chi connectivity index (χ1) is 7.06. The van der Waals surface area contributed by atoms with Crippen molar-refractivity contribution in [2.24, 2.45) is 0 Å². The summed E-state index contributed by atoms with van der Waals surface area (Å²) in [7, 11) is 0. The van der Waals surface area contributed by atoms with Gasteiger partial charge in [-0.05, 0) is 18.6 Å². The van der Waals surface area contributed by atoms with Crippen molar-refractivity contribution in [3.8, 4) is 0 Å². The Morgan fingerprint density at radius 2 is 2.20 bits per heavy atom. The molecule has 0 atom stereocenters. The summed E-state index contributed by atoms with van der Waals surface area (Å²) in [6.07, 6.45) is 0.856. The van der Waals surface area contributed by atoms with Gasteiger partial charge in [0, 0.05) is 6.42 Å². The summed E-state index contributed by atoms with van der Waals surface area (Å²) >= 11 is 5.76. The lowest BCUT2D eigenvalue weighted by Crippen LogP contribution is -2.04. The molecular weight excluding hydrogens is 215 g/mol. The number of carbonyl (C=O) groups excluding carboxylic acids is 1. The summed E-state index contributed by atoms with van der Waals surface area (Å²) < 4.78 is 13.3. The maximum absolute atomic E-state index is 13.3. The molecule has 3 heteroatoms. The van der Waals surface area contributed by atoms with E-state index < -0.39 is 5.82 Å². The van der Waals surface area contributed by atoms with Crippen LogP contribution in [-0.4, -0.2) is 5.78 Å². The van der Waals surface area contributed by atoms with Gasteiger partial charge in [-0.3, -0.25) is 4.79 Å². The number of benzene rings is 1. The molecule has 15 heavy (non-hydrogen) atoms. The van der Waals surface area contributed by atoms with Crippen LogP contribution < -0.4 is 0 Å². The van der Waals surface area contributed by atoms with Crippen molar-refractivity contribution in [2.45, 2.75) is 19.8 Å². The highest BCUT2D eigenvalue weighted by Gasteiger charge is 2.15. The number of ketones is 1. The molecule has 1 rings (SSSR count). The Hall–Kier alpha value is -1.15. The van der Waals surface area contributed by atoms with Crippen LogP contribution in [0.4, 0.5) is 4.39 Å². The fraction of sp³-hybridized carbons (Fsp3) is 0.250. The van der Waals surface area contributed by atoms with Gasteiger partial charge in [0.25, 0.3) is 0 Å². The number of rotatable bonds is 4. The van der Waals surface area contributed by atoms with Crippen LogP contribution >= 0.6 is 11.6 Å². The minimum atomic E-state index is -0.573. The van der Waals surface area contributed by atoms with Gasteiger partial charge in [0.15, 0.2) is 5.78 Å². The van der Waals surface area contributed by atoms with Crippen LogP contribution in [0.15, 0.2) is 30.4 Å². The van der Waals surface area contributed by atoms with Crippen LogP contribution in [0.1, 0.15) is 30.1 Å². The zero-order valence-corrected chi connectivity index (χ0v) is 9.27. The summed E-state index contributed by atoms with van der Waals surface area (Å²) in [5.74, 6) is -0.888. The van der Waals surface area contributed by atoms with Gasteiger partial charge in [0.05, 0.1) is 10.6 Å². The van der Waals surface area contributed by atoms with Crippen molar-refractivity contribution in [3.63, 3.8) is 0 Å². The van der Waals surface area contributed by atoms with Crippen molar-refractivity contribution in [1.29, 1.82) is 0 Å². The first-order valence-corrected chi connectivity index (χ1v) is 5.08.